The van der Waals surface area contributed by atoms with Crippen LogP contribution in [0, 0.1) is 5.53 Å². The molecule has 0 bridgehead atoms. The van der Waals surface area contributed by atoms with Crippen molar-refractivity contribution in [3.63, 3.8) is 0 Å². The molecule has 6 N–H and O–H groups in total. The van der Waals surface area contributed by atoms with Crippen LogP contribution < -0.4 is 16.9 Å². The molecule has 0 saturated carbocycles. The van der Waals surface area contributed by atoms with E-state index in [4.69, 9.17) is 11.4 Å². The second-order valence-corrected chi connectivity index (χ2v) is 2.23. The smallest absolute Gasteiger partial charge is 0.305 e. The Morgan fingerprint density at radius 3 is 2.42 bits per heavy atom. The first-order chi connectivity index (χ1) is 5.85. The standard InChI is InChI=1S/H6N11P/c1-4-7-10-12(9-6-3)11-8-5-2/h1H,(H2,2,8)(H2,3,9)(H,5,11). The van der Waals surface area contributed by atoms with Crippen LogP contribution in [0.3, 0.4) is 0 Å². The highest BCUT2D eigenvalue weighted by Gasteiger charge is 2.02. The van der Waals surface area contributed by atoms with Crippen molar-refractivity contribution in [1.29, 1.82) is 5.53 Å². The topological polar surface area (TPSA) is 174 Å². The summed E-state index contributed by atoms with van der Waals surface area (Å²) in [5.74, 6) is 9.40. The molecule has 0 aliphatic heterocycles. The second kappa shape index (κ2) is 7.34. The summed E-state index contributed by atoms with van der Waals surface area (Å²) < 4.78 is 0. The van der Waals surface area contributed by atoms with Crippen LogP contribution in [-0.4, -0.2) is 0 Å². The molecule has 0 fully saturated rings. The van der Waals surface area contributed by atoms with Crippen LogP contribution in [0.4, 0.5) is 0 Å². The molecule has 0 amide bonds. The Kier molecular flexibility index (Phi) is 6.26. The van der Waals surface area contributed by atoms with Gasteiger partial charge in [-0.25, -0.2) is 5.20 Å². The van der Waals surface area contributed by atoms with Crippen LogP contribution in [0.25, 0.3) is 0 Å². The summed E-state index contributed by atoms with van der Waals surface area (Å²) in [5, 5.41) is 16.8. The zero-order valence-corrected chi connectivity index (χ0v) is 6.63. The fourth-order valence-corrected chi connectivity index (χ4v) is 0.692. The van der Waals surface area contributed by atoms with Gasteiger partial charge < -0.3 is 11.7 Å². The van der Waals surface area contributed by atoms with Gasteiger partial charge in [0.1, 0.15) is 0 Å². The van der Waals surface area contributed by atoms with Crippen molar-refractivity contribution in [1.82, 2.24) is 5.20 Å². The Balaban J connectivity index is 4.02. The van der Waals surface area contributed by atoms with E-state index in [-0.39, 0.29) is 0 Å². The molecule has 12 heavy (non-hydrogen) atoms. The normalized spacial score (nSPS) is 14.3. The van der Waals surface area contributed by atoms with Crippen molar-refractivity contribution in [3.05, 3.63) is 0 Å². The highest BCUT2D eigenvalue weighted by atomic mass is 31.1. The van der Waals surface area contributed by atoms with Crippen LogP contribution >= 0.6 is 8.37 Å². The second-order valence-electron chi connectivity index (χ2n) is 1.09. The van der Waals surface area contributed by atoms with Crippen LogP contribution in [0.5, 0.6) is 0 Å². The molecule has 12 heteroatoms. The molecule has 1 unspecified atom stereocenters. The lowest BCUT2D eigenvalue weighted by Crippen LogP contribution is -1.93. The average molecular weight is 191 g/mol. The Labute approximate surface area is 67.7 Å². The van der Waals surface area contributed by atoms with E-state index in [0.29, 0.717) is 0 Å². The number of rotatable bonds is 5. The van der Waals surface area contributed by atoms with Gasteiger partial charge in [0.2, 0.25) is 0 Å². The van der Waals surface area contributed by atoms with Crippen molar-refractivity contribution in [2.24, 2.45) is 47.6 Å². The maximum absolute atomic E-state index is 6.27. The predicted octanol–water partition coefficient (Wildman–Crippen LogP) is 0.768. The highest BCUT2D eigenvalue weighted by Crippen LogP contribution is 2.34. The van der Waals surface area contributed by atoms with Crippen molar-refractivity contribution < 1.29 is 0 Å². The summed E-state index contributed by atoms with van der Waals surface area (Å²) in [6, 6.07) is 0. The third-order valence-electron chi connectivity index (χ3n) is 0.498. The van der Waals surface area contributed by atoms with Gasteiger partial charge in [-0.3, -0.25) is 0 Å². The highest BCUT2D eigenvalue weighted by molar-refractivity contribution is 7.52. The number of nitrogens with one attached hydrogen (secondary N) is 2. The number of hydrogen-bond donors (Lipinski definition) is 4. The van der Waals surface area contributed by atoms with Gasteiger partial charge in [0, 0.05) is 0 Å². The van der Waals surface area contributed by atoms with Crippen molar-refractivity contribution in [3.8, 4) is 0 Å². The summed E-state index contributed by atoms with van der Waals surface area (Å²) in [7, 11) is -1.59. The van der Waals surface area contributed by atoms with Gasteiger partial charge in [-0.1, -0.05) is 20.2 Å². The SMILES string of the molecule is N=NN=NP(N=NN)N/N=N/N. The summed E-state index contributed by atoms with van der Waals surface area (Å²) in [4.78, 5) is 6.69. The third-order valence-corrected chi connectivity index (χ3v) is 1.29. The van der Waals surface area contributed by atoms with Gasteiger partial charge in [-0.05, 0) is 15.7 Å². The van der Waals surface area contributed by atoms with E-state index in [1.807, 2.05) is 0 Å². The van der Waals surface area contributed by atoms with Crippen LogP contribution in [0.15, 0.2) is 35.9 Å². The lowest BCUT2D eigenvalue weighted by Gasteiger charge is -1.96. The van der Waals surface area contributed by atoms with Gasteiger partial charge >= 0.3 is 8.37 Å². The summed E-state index contributed by atoms with van der Waals surface area (Å²) >= 11 is 0. The van der Waals surface area contributed by atoms with Crippen molar-refractivity contribution >= 4 is 8.37 Å². The Hall–Kier alpha value is -1.77. The Morgan fingerprint density at radius 1 is 1.17 bits per heavy atom. The van der Waals surface area contributed by atoms with E-state index in [0.717, 1.165) is 0 Å². The number of nitrogens with zero attached hydrogens (tertiary/aromatic N) is 7. The molecule has 0 aliphatic carbocycles. The number of nitrogens with two attached hydrogens (primary N) is 2. The van der Waals surface area contributed by atoms with E-state index in [1.165, 1.54) is 0 Å². The van der Waals surface area contributed by atoms with Gasteiger partial charge in [0.25, 0.3) is 0 Å². The maximum Gasteiger partial charge on any atom is 0.307 e. The molecule has 0 aromatic carbocycles. The summed E-state index contributed by atoms with van der Waals surface area (Å²) in [6.07, 6.45) is 0. The van der Waals surface area contributed by atoms with Crippen LogP contribution in [-0.2, 0) is 0 Å². The quantitative estimate of drug-likeness (QED) is 0.217. The van der Waals surface area contributed by atoms with E-state index >= 15 is 0 Å². The predicted molar refractivity (Wildman–Crippen MR) is 38.1 cm³/mol. The minimum atomic E-state index is -1.59. The van der Waals surface area contributed by atoms with Crippen LogP contribution in [0.2, 0.25) is 0 Å². The first kappa shape index (κ1) is 10.2. The van der Waals surface area contributed by atoms with Gasteiger partial charge in [-0.15, -0.1) is 0 Å². The zero-order valence-electron chi connectivity index (χ0n) is 5.73. The monoisotopic (exact) mass is 191 g/mol. The fourth-order valence-electron chi connectivity index (χ4n) is 0.231. The Bertz CT molecular complexity index is 187. The lowest BCUT2D eigenvalue weighted by molar-refractivity contribution is 0.865. The fraction of sp³-hybridized carbons (Fsp3) is 0. The molecule has 0 spiro atoms. The van der Waals surface area contributed by atoms with E-state index in [9.17, 15) is 0 Å². The largest absolute Gasteiger partial charge is 0.307 e. The molecule has 0 aromatic rings. The maximum atomic E-state index is 6.27. The third kappa shape index (κ3) is 5.05. The van der Waals surface area contributed by atoms with Crippen molar-refractivity contribution in [2.45, 2.75) is 0 Å². The lowest BCUT2D eigenvalue weighted by atomic mass is 12.6. The molecular formula is H6N11P. The number of hydrogen-bond acceptors (Lipinski definition) is 6. The minimum absolute atomic E-state index is 1.59. The first-order valence-corrected chi connectivity index (χ1v) is 3.63. The molecular weight excluding hydrogens is 185 g/mol. The Morgan fingerprint density at radius 2 is 1.92 bits per heavy atom. The molecule has 0 aliphatic rings. The summed E-state index contributed by atoms with van der Waals surface area (Å²) in [5.41, 5.74) is 6.27. The summed E-state index contributed by atoms with van der Waals surface area (Å²) in [6.45, 7) is 0. The van der Waals surface area contributed by atoms with E-state index in [1.54, 1.807) is 0 Å². The van der Waals surface area contributed by atoms with Gasteiger partial charge in [0.05, 0.1) is 0 Å². The molecule has 0 rings (SSSR count). The molecule has 1 atom stereocenters. The molecule has 0 saturated heterocycles. The van der Waals surface area contributed by atoms with Gasteiger partial charge in [-0.2, -0.15) is 5.53 Å². The van der Waals surface area contributed by atoms with Gasteiger partial charge in [0.15, 0.2) is 0 Å². The van der Waals surface area contributed by atoms with E-state index < -0.39 is 8.37 Å². The van der Waals surface area contributed by atoms with Crippen LogP contribution in [0.1, 0.15) is 0 Å². The molecule has 0 heterocycles. The molecule has 11 nitrogen and oxygen atoms in total. The molecule has 66 valence electrons. The molecule has 0 aromatic heterocycles. The van der Waals surface area contributed by atoms with E-state index in [2.05, 4.69) is 46.9 Å². The average Bonchev–Trinajstić information content (AvgIpc) is 2.10. The first-order valence-electron chi connectivity index (χ1n) is 2.39. The zero-order chi connectivity index (χ0) is 9.23. The molecule has 0 radical (unpaired) electrons. The minimum Gasteiger partial charge on any atom is -0.305 e. The van der Waals surface area contributed by atoms with Crippen molar-refractivity contribution in [2.75, 3.05) is 0 Å².